The molecular formula is C11H11ClN4O2. The number of esters is 1. The number of carbonyl (C=O) groups excluding carboxylic acids is 1. The second-order valence-corrected chi connectivity index (χ2v) is 4.17. The molecule has 1 aromatic carbocycles. The summed E-state index contributed by atoms with van der Waals surface area (Å²) in [7, 11) is 1.73. The van der Waals surface area contributed by atoms with Gasteiger partial charge < -0.3 is 10.5 Å². The van der Waals surface area contributed by atoms with Crippen molar-refractivity contribution < 1.29 is 9.53 Å². The van der Waals surface area contributed by atoms with Gasteiger partial charge in [0.15, 0.2) is 0 Å². The van der Waals surface area contributed by atoms with Crippen molar-refractivity contribution in [1.29, 1.82) is 0 Å². The van der Waals surface area contributed by atoms with Crippen LogP contribution in [0.4, 0.5) is 5.69 Å². The van der Waals surface area contributed by atoms with Crippen molar-refractivity contribution in [2.75, 3.05) is 5.73 Å². The van der Waals surface area contributed by atoms with Crippen molar-refractivity contribution in [2.45, 2.75) is 6.61 Å². The fourth-order valence-corrected chi connectivity index (χ4v) is 1.66. The van der Waals surface area contributed by atoms with Crippen molar-refractivity contribution in [3.63, 3.8) is 0 Å². The van der Waals surface area contributed by atoms with Gasteiger partial charge in [-0.05, 0) is 18.2 Å². The van der Waals surface area contributed by atoms with Gasteiger partial charge in [-0.3, -0.25) is 4.68 Å². The Morgan fingerprint density at radius 1 is 1.50 bits per heavy atom. The average molecular weight is 267 g/mol. The molecule has 0 saturated heterocycles. The van der Waals surface area contributed by atoms with Crippen LogP contribution in [0.15, 0.2) is 24.4 Å². The van der Waals surface area contributed by atoms with Crippen LogP contribution in [0.2, 0.25) is 5.02 Å². The molecule has 2 rings (SSSR count). The second kappa shape index (κ2) is 5.05. The Morgan fingerprint density at radius 2 is 2.28 bits per heavy atom. The Morgan fingerprint density at radius 3 is 2.89 bits per heavy atom. The SMILES string of the molecule is Cn1cc(COC(=O)c2cc(N)cc(Cl)c2)nn1. The number of nitrogen functional groups attached to an aromatic ring is 1. The summed E-state index contributed by atoms with van der Waals surface area (Å²) in [5.74, 6) is -0.505. The molecule has 6 nitrogen and oxygen atoms in total. The summed E-state index contributed by atoms with van der Waals surface area (Å²) in [6.45, 7) is 0.0547. The number of aryl methyl sites for hydroxylation is 1. The van der Waals surface area contributed by atoms with Crippen LogP contribution in [0.25, 0.3) is 0 Å². The average Bonchev–Trinajstić information content (AvgIpc) is 2.70. The lowest BCUT2D eigenvalue weighted by Gasteiger charge is -2.04. The first-order valence-corrected chi connectivity index (χ1v) is 5.51. The van der Waals surface area contributed by atoms with E-state index in [1.165, 1.54) is 16.8 Å². The summed E-state index contributed by atoms with van der Waals surface area (Å²) in [5.41, 5.74) is 6.88. The smallest absolute Gasteiger partial charge is 0.338 e. The number of halogens is 1. The van der Waals surface area contributed by atoms with Gasteiger partial charge in [-0.1, -0.05) is 16.8 Å². The van der Waals surface area contributed by atoms with Crippen molar-refractivity contribution in [3.05, 3.63) is 40.7 Å². The molecule has 0 aliphatic carbocycles. The molecule has 2 aromatic rings. The third kappa shape index (κ3) is 2.98. The third-order valence-corrected chi connectivity index (χ3v) is 2.38. The van der Waals surface area contributed by atoms with E-state index in [4.69, 9.17) is 22.1 Å². The van der Waals surface area contributed by atoms with E-state index in [0.29, 0.717) is 22.0 Å². The first-order chi connectivity index (χ1) is 8.54. The van der Waals surface area contributed by atoms with E-state index in [-0.39, 0.29) is 6.61 Å². The monoisotopic (exact) mass is 266 g/mol. The maximum atomic E-state index is 11.7. The van der Waals surface area contributed by atoms with Crippen LogP contribution in [0.3, 0.4) is 0 Å². The largest absolute Gasteiger partial charge is 0.455 e. The molecule has 0 amide bonds. The Kier molecular flexibility index (Phi) is 3.47. The van der Waals surface area contributed by atoms with Crippen molar-refractivity contribution >= 4 is 23.3 Å². The van der Waals surface area contributed by atoms with Crippen LogP contribution in [0.1, 0.15) is 16.1 Å². The van der Waals surface area contributed by atoms with E-state index < -0.39 is 5.97 Å². The molecule has 0 atom stereocenters. The molecule has 18 heavy (non-hydrogen) atoms. The minimum atomic E-state index is -0.505. The number of anilines is 1. The normalized spacial score (nSPS) is 10.3. The minimum absolute atomic E-state index is 0.0547. The standard InChI is InChI=1S/C11H11ClN4O2/c1-16-5-10(14-15-16)6-18-11(17)7-2-8(12)4-9(13)3-7/h2-5H,6,13H2,1H3. The molecule has 0 aliphatic heterocycles. The first-order valence-electron chi connectivity index (χ1n) is 5.13. The van der Waals surface area contributed by atoms with Crippen LogP contribution in [-0.4, -0.2) is 21.0 Å². The summed E-state index contributed by atoms with van der Waals surface area (Å²) < 4.78 is 6.60. The number of carbonyl (C=O) groups is 1. The molecule has 0 bridgehead atoms. The highest BCUT2D eigenvalue weighted by Crippen LogP contribution is 2.17. The lowest BCUT2D eigenvalue weighted by molar-refractivity contribution is 0.0467. The summed E-state index contributed by atoms with van der Waals surface area (Å²) >= 11 is 5.80. The van der Waals surface area contributed by atoms with Crippen LogP contribution in [0.5, 0.6) is 0 Å². The fourth-order valence-electron chi connectivity index (χ4n) is 1.41. The van der Waals surface area contributed by atoms with Gasteiger partial charge in [0.25, 0.3) is 0 Å². The van der Waals surface area contributed by atoms with Gasteiger partial charge in [-0.25, -0.2) is 4.79 Å². The van der Waals surface area contributed by atoms with E-state index in [1.807, 2.05) is 0 Å². The highest BCUT2D eigenvalue weighted by atomic mass is 35.5. The van der Waals surface area contributed by atoms with Gasteiger partial charge in [0.05, 0.1) is 11.8 Å². The van der Waals surface area contributed by atoms with Crippen molar-refractivity contribution in [1.82, 2.24) is 15.0 Å². The Balaban J connectivity index is 2.03. The Bertz CT molecular complexity index is 562. The maximum absolute atomic E-state index is 11.7. The molecule has 0 fully saturated rings. The van der Waals surface area contributed by atoms with Gasteiger partial charge in [-0.2, -0.15) is 0 Å². The van der Waals surface area contributed by atoms with E-state index >= 15 is 0 Å². The van der Waals surface area contributed by atoms with Crippen LogP contribution < -0.4 is 5.73 Å². The number of nitrogens with zero attached hydrogens (tertiary/aromatic N) is 3. The molecule has 1 heterocycles. The van der Waals surface area contributed by atoms with Crippen molar-refractivity contribution in [3.8, 4) is 0 Å². The van der Waals surface area contributed by atoms with Gasteiger partial charge in [-0.15, -0.1) is 5.10 Å². The second-order valence-electron chi connectivity index (χ2n) is 3.73. The first kappa shape index (κ1) is 12.4. The van der Waals surface area contributed by atoms with Gasteiger partial charge in [0.2, 0.25) is 0 Å². The Hall–Kier alpha value is -2.08. The molecule has 0 saturated carbocycles. The lowest BCUT2D eigenvalue weighted by atomic mass is 10.2. The van der Waals surface area contributed by atoms with Crippen LogP contribution in [0, 0.1) is 0 Å². The molecule has 94 valence electrons. The lowest BCUT2D eigenvalue weighted by Crippen LogP contribution is -2.06. The summed E-state index contributed by atoms with van der Waals surface area (Å²) in [6, 6.07) is 4.56. The van der Waals surface area contributed by atoms with E-state index in [1.54, 1.807) is 19.3 Å². The van der Waals surface area contributed by atoms with E-state index in [9.17, 15) is 4.79 Å². The topological polar surface area (TPSA) is 83.0 Å². The number of rotatable bonds is 3. The zero-order valence-electron chi connectivity index (χ0n) is 9.63. The highest BCUT2D eigenvalue weighted by molar-refractivity contribution is 6.31. The third-order valence-electron chi connectivity index (χ3n) is 2.16. The number of aromatic nitrogens is 3. The van der Waals surface area contributed by atoms with Crippen LogP contribution in [-0.2, 0) is 18.4 Å². The predicted octanol–water partition coefficient (Wildman–Crippen LogP) is 1.41. The minimum Gasteiger partial charge on any atom is -0.455 e. The number of hydrogen-bond donors (Lipinski definition) is 1. The zero-order valence-corrected chi connectivity index (χ0v) is 10.4. The molecule has 7 heteroatoms. The van der Waals surface area contributed by atoms with Gasteiger partial charge >= 0.3 is 5.97 Å². The van der Waals surface area contributed by atoms with E-state index in [2.05, 4.69) is 10.3 Å². The quantitative estimate of drug-likeness (QED) is 0.671. The van der Waals surface area contributed by atoms with Crippen LogP contribution >= 0.6 is 11.6 Å². The summed E-state index contributed by atoms with van der Waals surface area (Å²) in [6.07, 6.45) is 1.67. The molecule has 2 N–H and O–H groups in total. The highest BCUT2D eigenvalue weighted by Gasteiger charge is 2.10. The maximum Gasteiger partial charge on any atom is 0.338 e. The number of ether oxygens (including phenoxy) is 1. The molecule has 1 aromatic heterocycles. The zero-order chi connectivity index (χ0) is 13.1. The summed E-state index contributed by atoms with van der Waals surface area (Å²) in [4.78, 5) is 11.7. The number of hydrogen-bond acceptors (Lipinski definition) is 5. The molecule has 0 spiro atoms. The fraction of sp³-hybridized carbons (Fsp3) is 0.182. The molecule has 0 aliphatic rings. The van der Waals surface area contributed by atoms with Gasteiger partial charge in [0.1, 0.15) is 12.3 Å². The Labute approximate surface area is 108 Å². The molecular weight excluding hydrogens is 256 g/mol. The summed E-state index contributed by atoms with van der Waals surface area (Å²) in [5, 5.41) is 7.92. The molecule has 0 unspecified atom stereocenters. The molecule has 0 radical (unpaired) electrons. The predicted molar refractivity (Wildman–Crippen MR) is 66.0 cm³/mol. The van der Waals surface area contributed by atoms with E-state index in [0.717, 1.165) is 0 Å². The van der Waals surface area contributed by atoms with Crippen molar-refractivity contribution in [2.24, 2.45) is 7.05 Å². The number of nitrogens with two attached hydrogens (primary N) is 1. The van der Waals surface area contributed by atoms with Gasteiger partial charge in [0, 0.05) is 17.8 Å². The number of benzene rings is 1.